The van der Waals surface area contributed by atoms with E-state index in [0.717, 1.165) is 49.2 Å². The zero-order valence-electron chi connectivity index (χ0n) is 33.6. The number of hydrogen-bond donors (Lipinski definition) is 2. The molecule has 1 saturated heterocycles. The fourth-order valence-corrected chi connectivity index (χ4v) is 7.09. The van der Waals surface area contributed by atoms with Crippen LogP contribution >= 0.6 is 24.8 Å². The SMILES string of the molecule is C[C@@H](NC(=O)[C@@](C)(Cc1cn(C(=O)OCOC(=O)c2ccc(CN3CCN(C)CC3)cc2)c2ccccc12)NC(=O)OCc1cc2ccccc2o1)c1ccccc1.Cl.Cl. The zero-order chi connectivity index (χ0) is 40.6. The Bertz CT molecular complexity index is 2360. The number of furan rings is 1. The number of nitrogens with one attached hydrogen (secondary N) is 2. The Balaban J connectivity index is 0.00000341. The molecule has 60 heavy (non-hydrogen) atoms. The van der Waals surface area contributed by atoms with Crippen LogP contribution in [0.2, 0.25) is 0 Å². The van der Waals surface area contributed by atoms with Gasteiger partial charge in [0.15, 0.2) is 6.61 Å². The van der Waals surface area contributed by atoms with E-state index in [0.29, 0.717) is 33.4 Å². The summed E-state index contributed by atoms with van der Waals surface area (Å²) in [6.07, 6.45) is -0.0951. The fraction of sp³-hybridized carbons (Fsp3) is 0.289. The number of piperazine rings is 1. The Labute approximate surface area is 360 Å². The van der Waals surface area contributed by atoms with Crippen molar-refractivity contribution in [2.24, 2.45) is 0 Å². The number of esters is 1. The van der Waals surface area contributed by atoms with Gasteiger partial charge in [0.1, 0.15) is 16.9 Å². The number of nitrogens with zero attached hydrogens (tertiary/aromatic N) is 3. The number of rotatable bonds is 13. The van der Waals surface area contributed by atoms with Crippen molar-refractivity contribution in [3.8, 4) is 0 Å². The smallest absolute Gasteiger partial charge is 0.421 e. The minimum atomic E-state index is -1.55. The number of para-hydroxylation sites is 2. The monoisotopic (exact) mass is 857 g/mol. The summed E-state index contributed by atoms with van der Waals surface area (Å²) in [5.41, 5.74) is 2.50. The molecular weight excluding hydrogens is 809 g/mol. The van der Waals surface area contributed by atoms with Crippen molar-refractivity contribution in [3.05, 3.63) is 143 Å². The van der Waals surface area contributed by atoms with Crippen LogP contribution in [0.5, 0.6) is 0 Å². The number of likely N-dealkylation sites (N-methyl/N-ethyl adjacent to an activating group) is 1. The van der Waals surface area contributed by atoms with Crippen LogP contribution in [-0.4, -0.2) is 84.0 Å². The van der Waals surface area contributed by atoms with Crippen LogP contribution in [0.15, 0.2) is 120 Å². The van der Waals surface area contributed by atoms with E-state index in [9.17, 15) is 19.2 Å². The second-order valence-corrected chi connectivity index (χ2v) is 14.8. The predicted molar refractivity (Wildman–Crippen MR) is 232 cm³/mol. The molecule has 1 aliphatic rings. The van der Waals surface area contributed by atoms with E-state index < -0.39 is 36.4 Å². The van der Waals surface area contributed by atoms with E-state index in [1.165, 1.54) is 4.57 Å². The number of halogens is 2. The maximum atomic E-state index is 14.1. The van der Waals surface area contributed by atoms with Gasteiger partial charge >= 0.3 is 18.2 Å². The summed E-state index contributed by atoms with van der Waals surface area (Å²) in [5.74, 6) is -0.646. The summed E-state index contributed by atoms with van der Waals surface area (Å²) < 4.78 is 23.4. The van der Waals surface area contributed by atoms with Crippen molar-refractivity contribution < 1.29 is 37.8 Å². The van der Waals surface area contributed by atoms with Crippen molar-refractivity contribution in [2.75, 3.05) is 40.0 Å². The summed E-state index contributed by atoms with van der Waals surface area (Å²) in [4.78, 5) is 58.5. The molecule has 2 aromatic heterocycles. The molecule has 0 unspecified atom stereocenters. The van der Waals surface area contributed by atoms with Gasteiger partial charge in [0.2, 0.25) is 12.7 Å². The highest BCUT2D eigenvalue weighted by Gasteiger charge is 2.38. The Morgan fingerprint density at radius 2 is 1.50 bits per heavy atom. The summed E-state index contributed by atoms with van der Waals surface area (Å²) >= 11 is 0. The molecule has 6 aromatic rings. The largest absolute Gasteiger partial charge is 0.457 e. The average Bonchev–Trinajstić information content (AvgIpc) is 3.82. The molecule has 0 spiro atoms. The maximum absolute atomic E-state index is 14.1. The molecule has 2 N–H and O–H groups in total. The maximum Gasteiger partial charge on any atom is 0.421 e. The number of benzene rings is 4. The van der Waals surface area contributed by atoms with Crippen LogP contribution in [-0.2, 0) is 38.6 Å². The van der Waals surface area contributed by atoms with Gasteiger partial charge in [0.25, 0.3) is 0 Å². The Morgan fingerprint density at radius 1 is 0.817 bits per heavy atom. The van der Waals surface area contributed by atoms with Crippen LogP contribution in [0.25, 0.3) is 21.9 Å². The Kier molecular flexibility index (Phi) is 15.4. The molecular formula is C45H49Cl2N5O8. The molecule has 1 fully saturated rings. The molecule has 15 heteroatoms. The molecule has 1 aliphatic heterocycles. The first-order valence-electron chi connectivity index (χ1n) is 19.3. The third kappa shape index (κ3) is 11.0. The molecule has 0 radical (unpaired) electrons. The lowest BCUT2D eigenvalue weighted by Gasteiger charge is -2.32. The van der Waals surface area contributed by atoms with Gasteiger partial charge in [-0.3, -0.25) is 14.3 Å². The first-order valence-corrected chi connectivity index (χ1v) is 19.3. The minimum absolute atomic E-state index is 0. The number of amides is 2. The van der Waals surface area contributed by atoms with E-state index in [4.69, 9.17) is 18.6 Å². The highest BCUT2D eigenvalue weighted by atomic mass is 35.5. The second-order valence-electron chi connectivity index (χ2n) is 14.8. The first-order chi connectivity index (χ1) is 28.0. The molecule has 7 rings (SSSR count). The second kappa shape index (κ2) is 20.4. The number of carbonyl (C=O) groups is 4. The molecule has 316 valence electrons. The van der Waals surface area contributed by atoms with Gasteiger partial charge in [0.05, 0.1) is 17.1 Å². The number of fused-ring (bicyclic) bond motifs is 2. The molecule has 2 amide bonds. The van der Waals surface area contributed by atoms with Gasteiger partial charge in [-0.25, -0.2) is 14.4 Å². The van der Waals surface area contributed by atoms with Gasteiger partial charge < -0.3 is 34.2 Å². The first kappa shape index (κ1) is 45.2. The lowest BCUT2D eigenvalue weighted by molar-refractivity contribution is -0.127. The standard InChI is InChI=1S/C45H47N5O8.2ClH/c1-31(33-11-5-4-6-12-33)46-42(52)45(2,47-43(53)55-29-37-25-35-13-7-10-16-40(35)58-37)26-36-28-50(39-15-9-8-14-38(36)39)44(54)57-30-56-41(51)34-19-17-32(18-20-34)27-49-23-21-48(3)22-24-49;;/h4-20,25,28,31H,21-24,26-27,29-30H2,1-3H3,(H,46,52)(H,47,53);2*1H/t31-,45-;;/m1../s1. The molecule has 0 saturated carbocycles. The van der Waals surface area contributed by atoms with Crippen LogP contribution < -0.4 is 10.6 Å². The van der Waals surface area contributed by atoms with E-state index >= 15 is 0 Å². The lowest BCUT2D eigenvalue weighted by Crippen LogP contribution is -2.58. The van der Waals surface area contributed by atoms with Gasteiger partial charge in [-0.1, -0.05) is 78.9 Å². The summed E-state index contributed by atoms with van der Waals surface area (Å²) in [5, 5.41) is 7.34. The van der Waals surface area contributed by atoms with Crippen LogP contribution in [0.1, 0.15) is 52.7 Å². The molecule has 0 bridgehead atoms. The van der Waals surface area contributed by atoms with Crippen LogP contribution in [0.3, 0.4) is 0 Å². The number of hydrogen-bond acceptors (Lipinski definition) is 10. The number of aromatic nitrogens is 1. The molecule has 13 nitrogen and oxygen atoms in total. The zero-order valence-corrected chi connectivity index (χ0v) is 35.3. The lowest BCUT2D eigenvalue weighted by atomic mass is 9.91. The summed E-state index contributed by atoms with van der Waals surface area (Å²) in [6.45, 7) is 7.51. The van der Waals surface area contributed by atoms with Crippen molar-refractivity contribution in [1.82, 2.24) is 25.0 Å². The highest BCUT2D eigenvalue weighted by Crippen LogP contribution is 2.27. The number of alkyl carbamates (subject to hydrolysis) is 1. The van der Waals surface area contributed by atoms with Crippen molar-refractivity contribution in [1.29, 1.82) is 0 Å². The summed E-state index contributed by atoms with van der Waals surface area (Å²) in [7, 11) is 2.12. The van der Waals surface area contributed by atoms with Gasteiger partial charge in [0, 0.05) is 56.1 Å². The predicted octanol–water partition coefficient (Wildman–Crippen LogP) is 7.88. The average molecular weight is 859 g/mol. The third-order valence-electron chi connectivity index (χ3n) is 10.4. The number of ether oxygens (including phenoxy) is 3. The quantitative estimate of drug-likeness (QED) is 0.0870. The molecule has 3 heterocycles. The van der Waals surface area contributed by atoms with Gasteiger partial charge in [-0.15, -0.1) is 24.8 Å². The summed E-state index contributed by atoms with van der Waals surface area (Å²) in [6, 6.07) is 32.7. The van der Waals surface area contributed by atoms with Gasteiger partial charge in [-0.05, 0) is 67.9 Å². The van der Waals surface area contributed by atoms with Crippen molar-refractivity contribution >= 4 is 70.7 Å². The van der Waals surface area contributed by atoms with Crippen molar-refractivity contribution in [3.63, 3.8) is 0 Å². The highest BCUT2D eigenvalue weighted by molar-refractivity contribution is 5.95. The Hall–Kier alpha value is -5.86. The third-order valence-corrected chi connectivity index (χ3v) is 10.4. The molecule has 0 aliphatic carbocycles. The van der Waals surface area contributed by atoms with E-state index in [1.54, 1.807) is 43.5 Å². The normalized spacial score (nSPS) is 14.5. The van der Waals surface area contributed by atoms with Gasteiger partial charge in [-0.2, -0.15) is 0 Å². The van der Waals surface area contributed by atoms with E-state index in [1.807, 2.05) is 85.8 Å². The van der Waals surface area contributed by atoms with E-state index in [-0.39, 0.29) is 43.9 Å². The number of carbonyl (C=O) groups excluding carboxylic acids is 4. The Morgan fingerprint density at radius 3 is 2.23 bits per heavy atom. The topological polar surface area (TPSA) is 145 Å². The van der Waals surface area contributed by atoms with Crippen molar-refractivity contribution in [2.45, 2.75) is 45.0 Å². The van der Waals surface area contributed by atoms with Crippen LogP contribution in [0, 0.1) is 0 Å². The van der Waals surface area contributed by atoms with Crippen LogP contribution in [0.4, 0.5) is 9.59 Å². The minimum Gasteiger partial charge on any atom is -0.457 e. The molecule has 2 atom stereocenters. The molecule has 4 aromatic carbocycles. The fourth-order valence-electron chi connectivity index (χ4n) is 7.09. The van der Waals surface area contributed by atoms with E-state index in [2.05, 4.69) is 27.5 Å².